The van der Waals surface area contributed by atoms with Crippen LogP contribution >= 0.6 is 23.2 Å². The van der Waals surface area contributed by atoms with E-state index in [-0.39, 0.29) is 29.0 Å². The lowest BCUT2D eigenvalue weighted by atomic mass is 10.1. The van der Waals surface area contributed by atoms with Gasteiger partial charge in [0.05, 0.1) is 18.0 Å². The van der Waals surface area contributed by atoms with Crippen molar-refractivity contribution in [1.29, 1.82) is 0 Å². The number of halogens is 2. The van der Waals surface area contributed by atoms with E-state index < -0.39 is 12.2 Å². The summed E-state index contributed by atoms with van der Waals surface area (Å²) in [5.41, 5.74) is 5.53. The van der Waals surface area contributed by atoms with Crippen molar-refractivity contribution in [2.24, 2.45) is 0 Å². The van der Waals surface area contributed by atoms with Gasteiger partial charge in [-0.1, -0.05) is 11.6 Å². The highest BCUT2D eigenvalue weighted by Gasteiger charge is 2.20. The molecule has 2 atom stereocenters. The van der Waals surface area contributed by atoms with Crippen molar-refractivity contribution in [2.75, 3.05) is 11.6 Å². The number of nitrogens with zero attached hydrogens (tertiary/aromatic N) is 2. The van der Waals surface area contributed by atoms with Crippen LogP contribution in [0.5, 0.6) is 0 Å². The van der Waals surface area contributed by atoms with Crippen LogP contribution in [0, 0.1) is 0 Å². The molecule has 0 spiro atoms. The van der Waals surface area contributed by atoms with Gasteiger partial charge in [0.1, 0.15) is 6.10 Å². The molecule has 7 heteroatoms. The summed E-state index contributed by atoms with van der Waals surface area (Å²) in [4.78, 5) is 7.52. The number of alkyl halides is 1. The second-order valence-electron chi connectivity index (χ2n) is 2.96. The zero-order valence-corrected chi connectivity index (χ0v) is 9.28. The number of hydrogen-bond donors (Lipinski definition) is 3. The molecule has 0 amide bonds. The predicted octanol–water partition coefficient (Wildman–Crippen LogP) is 0.735. The van der Waals surface area contributed by atoms with Gasteiger partial charge in [0.2, 0.25) is 0 Å². The van der Waals surface area contributed by atoms with Gasteiger partial charge in [0.25, 0.3) is 0 Å². The van der Waals surface area contributed by atoms with Gasteiger partial charge in [-0.3, -0.25) is 0 Å². The van der Waals surface area contributed by atoms with Crippen LogP contribution in [-0.4, -0.2) is 32.2 Å². The lowest BCUT2D eigenvalue weighted by Crippen LogP contribution is -2.20. The van der Waals surface area contributed by atoms with Crippen molar-refractivity contribution in [2.45, 2.75) is 18.6 Å². The number of aliphatic hydroxyl groups excluding tert-OH is 2. The van der Waals surface area contributed by atoms with Crippen molar-refractivity contribution in [3.63, 3.8) is 0 Å². The Morgan fingerprint density at radius 1 is 1.47 bits per heavy atom. The Hall–Kier alpha value is -0.620. The second kappa shape index (κ2) is 5.46. The van der Waals surface area contributed by atoms with Gasteiger partial charge in [0, 0.05) is 5.88 Å². The minimum atomic E-state index is -1.16. The number of nitrogens with two attached hydrogens (primary N) is 1. The maximum absolute atomic E-state index is 9.62. The molecule has 0 saturated carbocycles. The van der Waals surface area contributed by atoms with E-state index in [1.54, 1.807) is 0 Å². The topological polar surface area (TPSA) is 92.3 Å². The van der Waals surface area contributed by atoms with Crippen molar-refractivity contribution >= 4 is 29.0 Å². The van der Waals surface area contributed by atoms with Crippen LogP contribution in [0.15, 0.2) is 6.20 Å². The Labute approximate surface area is 96.9 Å². The molecule has 0 aliphatic carbocycles. The third-order valence-electron chi connectivity index (χ3n) is 1.85. The Morgan fingerprint density at radius 2 is 2.13 bits per heavy atom. The normalized spacial score (nSPS) is 14.9. The number of nitrogen functional groups attached to an aromatic ring is 1. The molecule has 84 valence electrons. The molecule has 1 rings (SSSR count). The van der Waals surface area contributed by atoms with Gasteiger partial charge in [-0.25, -0.2) is 9.97 Å². The van der Waals surface area contributed by atoms with Gasteiger partial charge in [-0.05, 0) is 6.42 Å². The molecule has 2 unspecified atom stereocenters. The fourth-order valence-electron chi connectivity index (χ4n) is 0.998. The molecular weight excluding hydrogens is 241 g/mol. The highest BCUT2D eigenvalue weighted by atomic mass is 35.5. The summed E-state index contributed by atoms with van der Waals surface area (Å²) in [5, 5.41) is 19.1. The lowest BCUT2D eigenvalue weighted by Gasteiger charge is -2.16. The van der Waals surface area contributed by atoms with Gasteiger partial charge >= 0.3 is 0 Å². The zero-order chi connectivity index (χ0) is 11.4. The maximum Gasteiger partial charge on any atom is 0.171 e. The molecule has 4 N–H and O–H groups in total. The largest absolute Gasteiger partial charge is 0.390 e. The molecule has 0 aliphatic rings. The quantitative estimate of drug-likeness (QED) is 0.687. The van der Waals surface area contributed by atoms with Crippen LogP contribution in [-0.2, 0) is 0 Å². The molecule has 1 heterocycles. The number of aromatic nitrogens is 2. The molecular formula is C8H11Cl2N3O2. The van der Waals surface area contributed by atoms with E-state index in [1.807, 2.05) is 0 Å². The standard InChI is InChI=1S/C8H11Cl2N3O2/c9-2-1-5(14)6(15)4-3-12-8(11)7(10)13-4/h3,5-6,14-15H,1-2H2,(H2,11,12). The Bertz CT molecular complexity index is 338. The summed E-state index contributed by atoms with van der Waals surface area (Å²) >= 11 is 11.1. The number of anilines is 1. The van der Waals surface area contributed by atoms with E-state index in [2.05, 4.69) is 9.97 Å². The van der Waals surface area contributed by atoms with Crippen LogP contribution in [0.3, 0.4) is 0 Å². The first-order chi connectivity index (χ1) is 7.06. The van der Waals surface area contributed by atoms with E-state index >= 15 is 0 Å². The first-order valence-corrected chi connectivity index (χ1v) is 5.17. The minimum Gasteiger partial charge on any atom is -0.390 e. The van der Waals surface area contributed by atoms with Crippen molar-refractivity contribution in [1.82, 2.24) is 9.97 Å². The molecule has 0 fully saturated rings. The Balaban J connectivity index is 2.81. The van der Waals surface area contributed by atoms with E-state index in [0.29, 0.717) is 0 Å². The molecule has 0 aromatic carbocycles. The summed E-state index contributed by atoms with van der Waals surface area (Å²) in [6, 6.07) is 0. The fourth-order valence-corrected chi connectivity index (χ4v) is 1.37. The number of rotatable bonds is 4. The van der Waals surface area contributed by atoms with Crippen LogP contribution < -0.4 is 5.73 Å². The Kier molecular flexibility index (Phi) is 4.53. The van der Waals surface area contributed by atoms with Gasteiger partial charge in [-0.15, -0.1) is 11.6 Å². The molecule has 0 radical (unpaired) electrons. The number of aliphatic hydroxyl groups is 2. The average molecular weight is 252 g/mol. The summed E-state index contributed by atoms with van der Waals surface area (Å²) in [5.74, 6) is 0.327. The summed E-state index contributed by atoms with van der Waals surface area (Å²) < 4.78 is 0. The van der Waals surface area contributed by atoms with Crippen molar-refractivity contribution in [3.05, 3.63) is 17.0 Å². The van der Waals surface area contributed by atoms with Crippen LogP contribution in [0.4, 0.5) is 5.82 Å². The Morgan fingerprint density at radius 3 is 2.67 bits per heavy atom. The third kappa shape index (κ3) is 3.17. The molecule has 15 heavy (non-hydrogen) atoms. The van der Waals surface area contributed by atoms with Gasteiger partial charge < -0.3 is 15.9 Å². The molecule has 0 saturated heterocycles. The minimum absolute atomic E-state index is 0.00428. The number of hydrogen-bond acceptors (Lipinski definition) is 5. The smallest absolute Gasteiger partial charge is 0.171 e. The van der Waals surface area contributed by atoms with E-state index in [9.17, 15) is 10.2 Å². The van der Waals surface area contributed by atoms with Crippen LogP contribution in [0.2, 0.25) is 5.15 Å². The highest BCUT2D eigenvalue weighted by Crippen LogP contribution is 2.20. The zero-order valence-electron chi connectivity index (χ0n) is 7.77. The lowest BCUT2D eigenvalue weighted by molar-refractivity contribution is 0.0142. The maximum atomic E-state index is 9.62. The average Bonchev–Trinajstić information content (AvgIpc) is 2.21. The van der Waals surface area contributed by atoms with Gasteiger partial charge in [-0.2, -0.15) is 0 Å². The van der Waals surface area contributed by atoms with E-state index in [4.69, 9.17) is 28.9 Å². The molecule has 5 nitrogen and oxygen atoms in total. The van der Waals surface area contributed by atoms with E-state index in [1.165, 1.54) is 6.20 Å². The monoisotopic (exact) mass is 251 g/mol. The van der Waals surface area contributed by atoms with Crippen LogP contribution in [0.1, 0.15) is 18.2 Å². The van der Waals surface area contributed by atoms with Crippen LogP contribution in [0.25, 0.3) is 0 Å². The van der Waals surface area contributed by atoms with Crippen molar-refractivity contribution in [3.8, 4) is 0 Å². The summed E-state index contributed by atoms with van der Waals surface area (Å²) in [6.07, 6.45) is -0.624. The van der Waals surface area contributed by atoms with Gasteiger partial charge in [0.15, 0.2) is 11.0 Å². The molecule has 1 aromatic rings. The molecule has 0 aliphatic heterocycles. The third-order valence-corrected chi connectivity index (χ3v) is 2.34. The predicted molar refractivity (Wildman–Crippen MR) is 57.8 cm³/mol. The second-order valence-corrected chi connectivity index (χ2v) is 3.70. The summed E-state index contributed by atoms with van der Waals surface area (Å²) in [7, 11) is 0. The summed E-state index contributed by atoms with van der Waals surface area (Å²) in [6.45, 7) is 0. The first-order valence-electron chi connectivity index (χ1n) is 4.26. The molecule has 0 bridgehead atoms. The highest BCUT2D eigenvalue weighted by molar-refractivity contribution is 6.31. The molecule has 1 aromatic heterocycles. The first kappa shape index (κ1) is 12.4. The van der Waals surface area contributed by atoms with E-state index in [0.717, 1.165) is 0 Å². The SMILES string of the molecule is Nc1ncc(C(O)C(O)CCCl)nc1Cl. The van der Waals surface area contributed by atoms with Crippen molar-refractivity contribution < 1.29 is 10.2 Å². The fraction of sp³-hybridized carbons (Fsp3) is 0.500.